The zero-order chi connectivity index (χ0) is 18.4. The van der Waals surface area contributed by atoms with Crippen molar-refractivity contribution in [1.29, 1.82) is 0 Å². The minimum Gasteiger partial charge on any atom is -0.454 e. The first-order chi connectivity index (χ1) is 12.6. The Labute approximate surface area is 155 Å². The molecule has 1 aliphatic rings. The van der Waals surface area contributed by atoms with Crippen LogP contribution in [0.3, 0.4) is 0 Å². The van der Waals surface area contributed by atoms with Crippen molar-refractivity contribution in [3.63, 3.8) is 0 Å². The molecule has 0 fully saturated rings. The van der Waals surface area contributed by atoms with Crippen molar-refractivity contribution in [1.82, 2.24) is 0 Å². The second kappa shape index (κ2) is 8.44. The van der Waals surface area contributed by atoms with E-state index in [-0.39, 0.29) is 6.79 Å². The first kappa shape index (κ1) is 17.9. The average Bonchev–Trinajstić information content (AvgIpc) is 3.10. The van der Waals surface area contributed by atoms with E-state index in [2.05, 4.69) is 5.32 Å². The topological polar surface area (TPSA) is 73.9 Å². The smallest absolute Gasteiger partial charge is 0.332 e. The number of benzene rings is 2. The maximum absolute atomic E-state index is 12.2. The number of esters is 1. The van der Waals surface area contributed by atoms with Crippen LogP contribution in [0, 0.1) is 0 Å². The molecule has 0 aromatic heterocycles. The average molecular weight is 371 g/mol. The summed E-state index contributed by atoms with van der Waals surface area (Å²) in [7, 11) is 0. The van der Waals surface area contributed by atoms with E-state index in [1.807, 2.05) is 30.3 Å². The van der Waals surface area contributed by atoms with Gasteiger partial charge < -0.3 is 19.5 Å². The molecular formula is C19H17NO5S. The van der Waals surface area contributed by atoms with Crippen molar-refractivity contribution in [3.8, 4) is 11.5 Å². The number of carbonyl (C=O) groups excluding carboxylic acids is 2. The molecule has 1 atom stereocenters. The molecule has 0 radical (unpaired) electrons. The molecule has 2 aromatic rings. The minimum atomic E-state index is -0.931. The van der Waals surface area contributed by atoms with Gasteiger partial charge in [0.15, 0.2) is 17.6 Å². The Balaban J connectivity index is 1.48. The highest BCUT2D eigenvalue weighted by Crippen LogP contribution is 2.34. The summed E-state index contributed by atoms with van der Waals surface area (Å²) >= 11 is 1.39. The molecule has 0 saturated carbocycles. The second-order valence-corrected chi connectivity index (χ2v) is 6.35. The van der Waals surface area contributed by atoms with Crippen molar-refractivity contribution in [2.75, 3.05) is 12.1 Å². The summed E-state index contributed by atoms with van der Waals surface area (Å²) in [6.45, 7) is 1.67. The van der Waals surface area contributed by atoms with Gasteiger partial charge >= 0.3 is 5.97 Å². The number of thioether (sulfide) groups is 1. The number of ether oxygens (including phenoxy) is 3. The Morgan fingerprint density at radius 3 is 2.73 bits per heavy atom. The summed E-state index contributed by atoms with van der Waals surface area (Å²) in [6.07, 6.45) is 0.362. The van der Waals surface area contributed by atoms with Crippen LogP contribution in [0.15, 0.2) is 64.9 Å². The van der Waals surface area contributed by atoms with Crippen molar-refractivity contribution in [2.45, 2.75) is 17.9 Å². The summed E-state index contributed by atoms with van der Waals surface area (Å²) in [4.78, 5) is 25.0. The van der Waals surface area contributed by atoms with Crippen LogP contribution in [0.1, 0.15) is 6.92 Å². The van der Waals surface area contributed by atoms with E-state index in [1.165, 1.54) is 24.8 Å². The summed E-state index contributed by atoms with van der Waals surface area (Å²) in [5, 5.41) is 4.30. The highest BCUT2D eigenvalue weighted by Gasteiger charge is 2.19. The van der Waals surface area contributed by atoms with E-state index in [0.29, 0.717) is 17.2 Å². The fraction of sp³-hybridized carbons (Fsp3) is 0.158. The highest BCUT2D eigenvalue weighted by molar-refractivity contribution is 8.02. The van der Waals surface area contributed by atoms with E-state index in [0.717, 1.165) is 4.90 Å². The van der Waals surface area contributed by atoms with E-state index >= 15 is 0 Å². The predicted molar refractivity (Wildman–Crippen MR) is 98.2 cm³/mol. The largest absolute Gasteiger partial charge is 0.454 e. The van der Waals surface area contributed by atoms with E-state index in [4.69, 9.17) is 14.2 Å². The number of fused-ring (bicyclic) bond motifs is 1. The van der Waals surface area contributed by atoms with Crippen LogP contribution in [0.5, 0.6) is 11.5 Å². The number of hydrogen-bond acceptors (Lipinski definition) is 6. The number of amides is 1. The normalized spacial score (nSPS) is 13.4. The van der Waals surface area contributed by atoms with Gasteiger partial charge in [-0.05, 0) is 36.6 Å². The van der Waals surface area contributed by atoms with Gasteiger partial charge in [-0.3, -0.25) is 4.79 Å². The summed E-state index contributed by atoms with van der Waals surface area (Å²) in [5.41, 5.74) is 0.539. The van der Waals surface area contributed by atoms with Crippen LogP contribution in [0.2, 0.25) is 0 Å². The van der Waals surface area contributed by atoms with Gasteiger partial charge in [0, 0.05) is 22.7 Å². The molecule has 0 bridgehead atoms. The molecule has 1 heterocycles. The molecule has 0 unspecified atom stereocenters. The molecule has 6 nitrogen and oxygen atoms in total. The Kier molecular flexibility index (Phi) is 5.80. The molecule has 1 N–H and O–H groups in total. The molecule has 1 amide bonds. The van der Waals surface area contributed by atoms with E-state index < -0.39 is 18.0 Å². The number of carbonyl (C=O) groups is 2. The van der Waals surface area contributed by atoms with Crippen LogP contribution in [-0.2, 0) is 14.3 Å². The van der Waals surface area contributed by atoms with Gasteiger partial charge in [-0.15, -0.1) is 0 Å². The fourth-order valence-corrected chi connectivity index (χ4v) is 2.80. The first-order valence-corrected chi connectivity index (χ1v) is 8.79. The van der Waals surface area contributed by atoms with Crippen LogP contribution in [-0.4, -0.2) is 24.8 Å². The lowest BCUT2D eigenvalue weighted by atomic mass is 10.2. The van der Waals surface area contributed by atoms with Gasteiger partial charge in [-0.25, -0.2) is 4.79 Å². The Morgan fingerprint density at radius 1 is 1.15 bits per heavy atom. The van der Waals surface area contributed by atoms with Crippen LogP contribution in [0.25, 0.3) is 0 Å². The molecular weight excluding hydrogens is 354 g/mol. The van der Waals surface area contributed by atoms with Gasteiger partial charge in [-0.1, -0.05) is 30.0 Å². The molecule has 0 spiro atoms. The second-order valence-electron chi connectivity index (χ2n) is 5.37. The zero-order valence-electron chi connectivity index (χ0n) is 14.0. The van der Waals surface area contributed by atoms with Crippen LogP contribution >= 0.6 is 11.8 Å². The standard InChI is InChI=1S/C19H17NO5S/c1-13(25-18(21)9-10-26-15-5-3-2-4-6-15)19(22)20-14-7-8-16-17(11-14)24-12-23-16/h2-11,13H,12H2,1H3,(H,20,22)/b10-9+/t13-/m0/s1. The third kappa shape index (κ3) is 4.80. The lowest BCUT2D eigenvalue weighted by Gasteiger charge is -2.12. The lowest BCUT2D eigenvalue weighted by Crippen LogP contribution is -2.29. The molecule has 134 valence electrons. The van der Waals surface area contributed by atoms with Crippen molar-refractivity contribution >= 4 is 29.3 Å². The zero-order valence-corrected chi connectivity index (χ0v) is 14.8. The first-order valence-electron chi connectivity index (χ1n) is 7.91. The predicted octanol–water partition coefficient (Wildman–Crippen LogP) is 3.59. The molecule has 7 heteroatoms. The third-order valence-corrected chi connectivity index (χ3v) is 4.27. The lowest BCUT2D eigenvalue weighted by molar-refractivity contribution is -0.148. The van der Waals surface area contributed by atoms with Crippen LogP contribution < -0.4 is 14.8 Å². The Bertz CT molecular complexity index is 822. The number of anilines is 1. The molecule has 26 heavy (non-hydrogen) atoms. The van der Waals surface area contributed by atoms with Gasteiger partial charge in [0.25, 0.3) is 5.91 Å². The van der Waals surface area contributed by atoms with Crippen molar-refractivity contribution in [3.05, 3.63) is 60.0 Å². The monoisotopic (exact) mass is 371 g/mol. The fourth-order valence-electron chi connectivity index (χ4n) is 2.15. The number of hydrogen-bond donors (Lipinski definition) is 1. The van der Waals surface area contributed by atoms with Crippen molar-refractivity contribution in [2.24, 2.45) is 0 Å². The van der Waals surface area contributed by atoms with Gasteiger partial charge in [0.1, 0.15) is 0 Å². The van der Waals surface area contributed by atoms with E-state index in [1.54, 1.807) is 23.6 Å². The number of rotatable bonds is 6. The van der Waals surface area contributed by atoms with Crippen LogP contribution in [0.4, 0.5) is 5.69 Å². The van der Waals surface area contributed by atoms with Gasteiger partial charge in [0.05, 0.1) is 0 Å². The molecule has 0 aliphatic carbocycles. The van der Waals surface area contributed by atoms with Gasteiger partial charge in [0.2, 0.25) is 6.79 Å². The molecule has 3 rings (SSSR count). The number of nitrogens with one attached hydrogen (secondary N) is 1. The maximum Gasteiger partial charge on any atom is 0.332 e. The summed E-state index contributed by atoms with van der Waals surface area (Å²) in [6, 6.07) is 14.7. The Morgan fingerprint density at radius 2 is 1.92 bits per heavy atom. The highest BCUT2D eigenvalue weighted by atomic mass is 32.2. The molecule has 0 saturated heterocycles. The SMILES string of the molecule is C[C@H](OC(=O)/C=C/Sc1ccccc1)C(=O)Nc1ccc2c(c1)OCO2. The Hall–Kier alpha value is -2.93. The van der Waals surface area contributed by atoms with E-state index in [9.17, 15) is 9.59 Å². The van der Waals surface area contributed by atoms with Crippen molar-refractivity contribution < 1.29 is 23.8 Å². The third-order valence-electron chi connectivity index (χ3n) is 3.45. The minimum absolute atomic E-state index is 0.161. The molecule has 1 aliphatic heterocycles. The maximum atomic E-state index is 12.2. The summed E-state index contributed by atoms with van der Waals surface area (Å²) in [5.74, 6) is 0.181. The summed E-state index contributed by atoms with van der Waals surface area (Å²) < 4.78 is 15.6. The molecule has 2 aromatic carbocycles. The van der Waals surface area contributed by atoms with Gasteiger partial charge in [-0.2, -0.15) is 0 Å². The quantitative estimate of drug-likeness (QED) is 0.475.